The summed E-state index contributed by atoms with van der Waals surface area (Å²) >= 11 is 3.13. The lowest BCUT2D eigenvalue weighted by Crippen LogP contribution is -2.39. The number of ether oxygens (including phenoxy) is 1. The molecular weight excluding hydrogens is 292 g/mol. The van der Waals surface area contributed by atoms with E-state index in [9.17, 15) is 4.79 Å². The van der Waals surface area contributed by atoms with Crippen molar-refractivity contribution in [3.8, 4) is 5.75 Å². The fourth-order valence-electron chi connectivity index (χ4n) is 2.60. The van der Waals surface area contributed by atoms with E-state index in [1.807, 2.05) is 12.3 Å². The van der Waals surface area contributed by atoms with Crippen molar-refractivity contribution >= 4 is 29.0 Å². The van der Waals surface area contributed by atoms with Crippen LogP contribution in [-0.2, 0) is 0 Å². The largest absolute Gasteiger partial charge is 0.495 e. The summed E-state index contributed by atoms with van der Waals surface area (Å²) in [6.45, 7) is 5.10. The van der Waals surface area contributed by atoms with Crippen molar-refractivity contribution in [2.24, 2.45) is 0 Å². The Morgan fingerprint density at radius 3 is 3.10 bits per heavy atom. The second kappa shape index (κ2) is 7.33. The third-order valence-corrected chi connectivity index (χ3v) is 5.89. The summed E-state index contributed by atoms with van der Waals surface area (Å²) in [4.78, 5) is 15.4. The van der Waals surface area contributed by atoms with Gasteiger partial charge in [-0.25, -0.2) is 0 Å². The molecule has 2 heterocycles. The normalized spacial score (nSPS) is 19.2. The minimum Gasteiger partial charge on any atom is -0.495 e. The van der Waals surface area contributed by atoms with Gasteiger partial charge in [0.05, 0.1) is 11.3 Å². The van der Waals surface area contributed by atoms with Crippen LogP contribution in [0.25, 0.3) is 0 Å². The maximum Gasteiger partial charge on any atom is 0.265 e. The Hall–Kier alpha value is -0.720. The van der Waals surface area contributed by atoms with Gasteiger partial charge in [0, 0.05) is 18.7 Å². The first kappa shape index (κ1) is 15.7. The molecule has 1 aliphatic rings. The van der Waals surface area contributed by atoms with Crippen molar-refractivity contribution in [2.75, 3.05) is 33.0 Å². The maximum atomic E-state index is 12.3. The number of likely N-dealkylation sites (tertiary alicyclic amines) is 1. The first-order valence-electron chi connectivity index (χ1n) is 6.93. The predicted molar refractivity (Wildman–Crippen MR) is 85.3 cm³/mol. The third kappa shape index (κ3) is 3.48. The maximum absolute atomic E-state index is 12.3. The van der Waals surface area contributed by atoms with E-state index in [-0.39, 0.29) is 5.91 Å². The highest BCUT2D eigenvalue weighted by Gasteiger charge is 2.24. The molecule has 1 atom stereocenters. The summed E-state index contributed by atoms with van der Waals surface area (Å²) in [6.07, 6.45) is 4.41. The van der Waals surface area contributed by atoms with E-state index in [1.165, 1.54) is 24.2 Å². The summed E-state index contributed by atoms with van der Waals surface area (Å²) in [5, 5.41) is 3.06. The van der Waals surface area contributed by atoms with E-state index in [4.69, 9.17) is 4.74 Å². The average molecular weight is 314 g/mol. The third-order valence-electron chi connectivity index (χ3n) is 3.71. The lowest BCUT2D eigenvalue weighted by molar-refractivity contribution is 0.0943. The van der Waals surface area contributed by atoms with Gasteiger partial charge in [0.2, 0.25) is 0 Å². The number of carbonyl (C=O) groups excluding carboxylic acids is 1. The second-order valence-corrected chi connectivity index (χ2v) is 6.96. The average Bonchev–Trinajstić information content (AvgIpc) is 3.10. The van der Waals surface area contributed by atoms with Crippen LogP contribution in [0, 0.1) is 0 Å². The van der Waals surface area contributed by atoms with Gasteiger partial charge in [-0.3, -0.25) is 9.69 Å². The van der Waals surface area contributed by atoms with Gasteiger partial charge < -0.3 is 10.1 Å². The molecule has 112 valence electrons. The molecule has 0 spiro atoms. The highest BCUT2D eigenvalue weighted by Crippen LogP contribution is 2.34. The van der Waals surface area contributed by atoms with E-state index in [0.29, 0.717) is 16.7 Å². The SMILES string of the molecule is CCN1CCCC1CNC(=O)c1sc(SC)cc1OC. The van der Waals surface area contributed by atoms with Crippen LogP contribution in [-0.4, -0.2) is 49.8 Å². The first-order valence-corrected chi connectivity index (χ1v) is 8.97. The molecule has 1 unspecified atom stereocenters. The van der Waals surface area contributed by atoms with Crippen LogP contribution in [0.1, 0.15) is 29.4 Å². The van der Waals surface area contributed by atoms with E-state index < -0.39 is 0 Å². The molecule has 4 nitrogen and oxygen atoms in total. The van der Waals surface area contributed by atoms with Crippen LogP contribution in [0.4, 0.5) is 0 Å². The number of amides is 1. The molecule has 6 heteroatoms. The van der Waals surface area contributed by atoms with Crippen LogP contribution in [0.3, 0.4) is 0 Å². The highest BCUT2D eigenvalue weighted by molar-refractivity contribution is 8.00. The Bertz CT molecular complexity index is 462. The van der Waals surface area contributed by atoms with Crippen molar-refractivity contribution in [3.05, 3.63) is 10.9 Å². The standard InChI is InChI=1S/C14H22N2O2S2/c1-4-16-7-5-6-10(16)9-15-14(17)13-11(18-2)8-12(19-3)20-13/h8,10H,4-7,9H2,1-3H3,(H,15,17). The van der Waals surface area contributed by atoms with Crippen molar-refractivity contribution in [3.63, 3.8) is 0 Å². The van der Waals surface area contributed by atoms with Crippen molar-refractivity contribution in [1.29, 1.82) is 0 Å². The van der Waals surface area contributed by atoms with E-state index in [1.54, 1.807) is 18.9 Å². The van der Waals surface area contributed by atoms with E-state index in [0.717, 1.165) is 23.8 Å². The highest BCUT2D eigenvalue weighted by atomic mass is 32.2. The quantitative estimate of drug-likeness (QED) is 0.820. The van der Waals surface area contributed by atoms with Crippen LogP contribution in [0.2, 0.25) is 0 Å². The van der Waals surface area contributed by atoms with Gasteiger partial charge in [-0.2, -0.15) is 0 Å². The summed E-state index contributed by atoms with van der Waals surface area (Å²) in [5.41, 5.74) is 0. The summed E-state index contributed by atoms with van der Waals surface area (Å²) < 4.78 is 6.39. The Balaban J connectivity index is 1.96. The Kier molecular flexibility index (Phi) is 5.74. The van der Waals surface area contributed by atoms with Crippen molar-refractivity contribution < 1.29 is 9.53 Å². The fraction of sp³-hybridized carbons (Fsp3) is 0.643. The number of hydrogen-bond donors (Lipinski definition) is 1. The molecule has 0 bridgehead atoms. The Labute approximate surface area is 128 Å². The lowest BCUT2D eigenvalue weighted by Gasteiger charge is -2.22. The van der Waals surface area contributed by atoms with Gasteiger partial charge in [0.1, 0.15) is 10.6 Å². The molecule has 1 aromatic rings. The Morgan fingerprint density at radius 1 is 1.65 bits per heavy atom. The van der Waals surface area contributed by atoms with Crippen LogP contribution >= 0.6 is 23.1 Å². The van der Waals surface area contributed by atoms with Gasteiger partial charge in [0.15, 0.2) is 0 Å². The molecule has 2 rings (SSSR count). The molecule has 1 amide bonds. The van der Waals surface area contributed by atoms with Crippen molar-refractivity contribution in [1.82, 2.24) is 10.2 Å². The van der Waals surface area contributed by atoms with Crippen molar-refractivity contribution in [2.45, 2.75) is 30.0 Å². The van der Waals surface area contributed by atoms with Crippen LogP contribution < -0.4 is 10.1 Å². The summed E-state index contributed by atoms with van der Waals surface area (Å²) in [5.74, 6) is 0.658. The number of likely N-dealkylation sites (N-methyl/N-ethyl adjacent to an activating group) is 1. The zero-order valence-corrected chi connectivity index (χ0v) is 13.9. The number of nitrogens with zero attached hydrogens (tertiary/aromatic N) is 1. The van der Waals surface area contributed by atoms with Gasteiger partial charge in [-0.1, -0.05) is 6.92 Å². The van der Waals surface area contributed by atoms with Gasteiger partial charge >= 0.3 is 0 Å². The van der Waals surface area contributed by atoms with E-state index >= 15 is 0 Å². The van der Waals surface area contributed by atoms with Gasteiger partial charge in [-0.15, -0.1) is 23.1 Å². The first-order chi connectivity index (χ1) is 9.69. The number of carbonyl (C=O) groups is 1. The smallest absolute Gasteiger partial charge is 0.265 e. The van der Waals surface area contributed by atoms with E-state index in [2.05, 4.69) is 17.1 Å². The monoisotopic (exact) mass is 314 g/mol. The number of methoxy groups -OCH3 is 1. The van der Waals surface area contributed by atoms with Gasteiger partial charge in [-0.05, 0) is 32.2 Å². The molecule has 1 saturated heterocycles. The Morgan fingerprint density at radius 2 is 2.45 bits per heavy atom. The summed E-state index contributed by atoms with van der Waals surface area (Å²) in [7, 11) is 1.61. The minimum absolute atomic E-state index is 0.0184. The molecule has 0 radical (unpaired) electrons. The molecule has 1 fully saturated rings. The zero-order chi connectivity index (χ0) is 14.5. The molecule has 0 aliphatic carbocycles. The number of thioether (sulfide) groups is 1. The van der Waals surface area contributed by atoms with Gasteiger partial charge in [0.25, 0.3) is 5.91 Å². The zero-order valence-electron chi connectivity index (χ0n) is 12.3. The minimum atomic E-state index is -0.0184. The van der Waals surface area contributed by atoms with Crippen LogP contribution in [0.5, 0.6) is 5.75 Å². The number of nitrogens with one attached hydrogen (secondary N) is 1. The molecule has 1 N–H and O–H groups in total. The second-order valence-electron chi connectivity index (χ2n) is 4.80. The number of hydrogen-bond acceptors (Lipinski definition) is 5. The lowest BCUT2D eigenvalue weighted by atomic mass is 10.2. The molecule has 1 aliphatic heterocycles. The molecule has 0 aromatic carbocycles. The van der Waals surface area contributed by atoms with Crippen LogP contribution in [0.15, 0.2) is 10.3 Å². The molecule has 0 saturated carbocycles. The molecular formula is C14H22N2O2S2. The molecule has 1 aromatic heterocycles. The number of rotatable bonds is 6. The predicted octanol–water partition coefficient (Wildman–Crippen LogP) is 2.69. The number of thiophene rings is 1. The topological polar surface area (TPSA) is 41.6 Å². The fourth-order valence-corrected chi connectivity index (χ4v) is 4.18. The molecule has 20 heavy (non-hydrogen) atoms. The summed E-state index contributed by atoms with van der Waals surface area (Å²) in [6, 6.07) is 2.41.